The molecular formula is C8H14BrNO3. The zero-order valence-electron chi connectivity index (χ0n) is 7.75. The topological polar surface area (TPSA) is 47.6 Å². The summed E-state index contributed by atoms with van der Waals surface area (Å²) in [5.41, 5.74) is 0. The van der Waals surface area contributed by atoms with Crippen molar-refractivity contribution >= 4 is 21.8 Å². The Hall–Kier alpha value is -0.390. The summed E-state index contributed by atoms with van der Waals surface area (Å²) in [5, 5.41) is 2.62. The Bertz CT molecular complexity index is 171. The van der Waals surface area contributed by atoms with E-state index in [-0.39, 0.29) is 5.91 Å². The number of hydrogen-bond acceptors (Lipinski definition) is 3. The van der Waals surface area contributed by atoms with Crippen molar-refractivity contribution in [3.63, 3.8) is 0 Å². The highest BCUT2D eigenvalue weighted by molar-refractivity contribution is 9.10. The first kappa shape index (κ1) is 12.6. The van der Waals surface area contributed by atoms with E-state index in [9.17, 15) is 4.79 Å². The van der Waals surface area contributed by atoms with Gasteiger partial charge in [-0.1, -0.05) is 22.0 Å². The van der Waals surface area contributed by atoms with Gasteiger partial charge in [0.25, 0.3) is 0 Å². The van der Waals surface area contributed by atoms with Crippen LogP contribution in [0, 0.1) is 0 Å². The van der Waals surface area contributed by atoms with Crippen molar-refractivity contribution in [2.75, 3.05) is 20.8 Å². The van der Waals surface area contributed by atoms with Gasteiger partial charge in [0.05, 0.1) is 0 Å². The molecule has 0 aromatic carbocycles. The Balaban J connectivity index is 3.98. The van der Waals surface area contributed by atoms with E-state index in [0.29, 0.717) is 6.54 Å². The Morgan fingerprint density at radius 2 is 2.15 bits per heavy atom. The van der Waals surface area contributed by atoms with E-state index in [2.05, 4.69) is 27.8 Å². The molecule has 76 valence electrons. The van der Waals surface area contributed by atoms with Crippen molar-refractivity contribution in [1.29, 1.82) is 0 Å². The summed E-state index contributed by atoms with van der Waals surface area (Å²) in [5.74, 6) is -0.186. The molecule has 0 aromatic rings. The minimum Gasteiger partial charge on any atom is -0.354 e. The van der Waals surface area contributed by atoms with Gasteiger partial charge in [-0.05, 0) is 0 Å². The first-order valence-corrected chi connectivity index (χ1v) is 4.67. The average molecular weight is 252 g/mol. The maximum atomic E-state index is 11.3. The number of hydrogen-bond donors (Lipinski definition) is 1. The molecule has 4 nitrogen and oxygen atoms in total. The maximum Gasteiger partial charge on any atom is 0.239 e. The van der Waals surface area contributed by atoms with E-state index < -0.39 is 11.1 Å². The molecule has 0 fully saturated rings. The lowest BCUT2D eigenvalue weighted by Gasteiger charge is -2.18. The molecule has 1 unspecified atom stereocenters. The summed E-state index contributed by atoms with van der Waals surface area (Å²) in [6.45, 7) is 3.92. The molecule has 5 heteroatoms. The molecule has 0 aliphatic carbocycles. The number of ether oxygens (including phenoxy) is 2. The lowest BCUT2D eigenvalue weighted by molar-refractivity contribution is -0.136. The minimum absolute atomic E-state index is 0.186. The predicted molar refractivity (Wildman–Crippen MR) is 53.7 cm³/mol. The number of rotatable bonds is 6. The Kier molecular flexibility index (Phi) is 6.84. The average Bonchev–Trinajstić information content (AvgIpc) is 2.15. The van der Waals surface area contributed by atoms with Gasteiger partial charge in [0, 0.05) is 20.8 Å². The second-order valence-corrected chi connectivity index (χ2v) is 3.26. The second-order valence-electron chi connectivity index (χ2n) is 2.28. The number of carbonyl (C=O) groups excluding carboxylic acids is 1. The van der Waals surface area contributed by atoms with Crippen LogP contribution in [0.25, 0.3) is 0 Å². The van der Waals surface area contributed by atoms with Gasteiger partial charge in [-0.2, -0.15) is 0 Å². The van der Waals surface area contributed by atoms with E-state index >= 15 is 0 Å². The number of carbonyl (C=O) groups is 1. The molecule has 0 aromatic heterocycles. The SMILES string of the molecule is C=CCNC(=O)C(Br)C(OC)OC. The second kappa shape index (κ2) is 7.06. The molecule has 1 atom stereocenters. The lowest BCUT2D eigenvalue weighted by atomic mass is 10.4. The van der Waals surface area contributed by atoms with Crippen LogP contribution in [0.5, 0.6) is 0 Å². The van der Waals surface area contributed by atoms with Crippen LogP contribution < -0.4 is 5.32 Å². The summed E-state index contributed by atoms with van der Waals surface area (Å²) < 4.78 is 9.81. The summed E-state index contributed by atoms with van der Waals surface area (Å²) >= 11 is 3.16. The summed E-state index contributed by atoms with van der Waals surface area (Å²) in [6.07, 6.45) is 1.02. The van der Waals surface area contributed by atoms with E-state index in [1.54, 1.807) is 6.08 Å². The van der Waals surface area contributed by atoms with Gasteiger partial charge in [0.15, 0.2) is 6.29 Å². The van der Waals surface area contributed by atoms with Crippen LogP contribution in [0.15, 0.2) is 12.7 Å². The molecule has 1 N–H and O–H groups in total. The molecule has 0 heterocycles. The Labute approximate surface area is 86.4 Å². The van der Waals surface area contributed by atoms with Crippen LogP contribution in [0.3, 0.4) is 0 Å². The molecule has 0 spiro atoms. The fourth-order valence-corrected chi connectivity index (χ4v) is 1.32. The molecular weight excluding hydrogens is 238 g/mol. The zero-order chi connectivity index (χ0) is 10.3. The first-order chi connectivity index (χ1) is 6.17. The molecule has 13 heavy (non-hydrogen) atoms. The number of alkyl halides is 1. The van der Waals surface area contributed by atoms with Crippen LogP contribution in [0.4, 0.5) is 0 Å². The van der Waals surface area contributed by atoms with Crippen LogP contribution in [0.1, 0.15) is 0 Å². The molecule has 0 radical (unpaired) electrons. The highest BCUT2D eigenvalue weighted by Crippen LogP contribution is 2.09. The van der Waals surface area contributed by atoms with Gasteiger partial charge >= 0.3 is 0 Å². The number of methoxy groups -OCH3 is 2. The maximum absolute atomic E-state index is 11.3. The summed E-state index contributed by atoms with van der Waals surface area (Å²) in [4.78, 5) is 10.8. The first-order valence-electron chi connectivity index (χ1n) is 3.75. The molecule has 0 saturated heterocycles. The summed E-state index contributed by atoms with van der Waals surface area (Å²) in [6, 6.07) is 0. The van der Waals surface area contributed by atoms with Crippen molar-refractivity contribution < 1.29 is 14.3 Å². The van der Waals surface area contributed by atoms with Crippen LogP contribution in [-0.4, -0.2) is 37.8 Å². The fraction of sp³-hybridized carbons (Fsp3) is 0.625. The highest BCUT2D eigenvalue weighted by atomic mass is 79.9. The molecule has 0 rings (SSSR count). The number of nitrogens with one attached hydrogen (secondary N) is 1. The quantitative estimate of drug-likeness (QED) is 0.429. The third kappa shape index (κ3) is 4.40. The highest BCUT2D eigenvalue weighted by Gasteiger charge is 2.24. The lowest BCUT2D eigenvalue weighted by Crippen LogP contribution is -2.40. The van der Waals surface area contributed by atoms with E-state index in [1.165, 1.54) is 14.2 Å². The monoisotopic (exact) mass is 251 g/mol. The van der Waals surface area contributed by atoms with Gasteiger partial charge in [0.1, 0.15) is 4.83 Å². The Morgan fingerprint density at radius 3 is 2.54 bits per heavy atom. The molecule has 0 saturated carbocycles. The smallest absolute Gasteiger partial charge is 0.239 e. The van der Waals surface area contributed by atoms with E-state index in [0.717, 1.165) is 0 Å². The summed E-state index contributed by atoms with van der Waals surface area (Å²) in [7, 11) is 2.95. The third-order valence-corrected chi connectivity index (χ3v) is 2.22. The molecule has 0 bridgehead atoms. The Morgan fingerprint density at radius 1 is 1.62 bits per heavy atom. The van der Waals surface area contributed by atoms with Gasteiger partial charge in [-0.15, -0.1) is 6.58 Å². The van der Waals surface area contributed by atoms with Gasteiger partial charge < -0.3 is 14.8 Å². The minimum atomic E-state index is -0.579. The van der Waals surface area contributed by atoms with Gasteiger partial charge in [-0.25, -0.2) is 0 Å². The standard InChI is InChI=1S/C8H14BrNO3/c1-4-5-10-7(11)6(9)8(12-2)13-3/h4,6,8H,1,5H2,2-3H3,(H,10,11). The third-order valence-electron chi connectivity index (χ3n) is 1.37. The molecule has 1 amide bonds. The van der Waals surface area contributed by atoms with E-state index in [1.807, 2.05) is 0 Å². The van der Waals surface area contributed by atoms with E-state index in [4.69, 9.17) is 9.47 Å². The van der Waals surface area contributed by atoms with Gasteiger partial charge in [0.2, 0.25) is 5.91 Å². The zero-order valence-corrected chi connectivity index (χ0v) is 9.33. The van der Waals surface area contributed by atoms with Crippen molar-refractivity contribution in [1.82, 2.24) is 5.32 Å². The van der Waals surface area contributed by atoms with Crippen molar-refractivity contribution in [2.24, 2.45) is 0 Å². The molecule has 0 aliphatic rings. The van der Waals surface area contributed by atoms with Crippen LogP contribution >= 0.6 is 15.9 Å². The molecule has 0 aliphatic heterocycles. The number of amides is 1. The largest absolute Gasteiger partial charge is 0.354 e. The van der Waals surface area contributed by atoms with Crippen molar-refractivity contribution in [3.8, 4) is 0 Å². The fourth-order valence-electron chi connectivity index (χ4n) is 0.729. The van der Waals surface area contributed by atoms with Crippen LogP contribution in [-0.2, 0) is 14.3 Å². The number of halogens is 1. The van der Waals surface area contributed by atoms with Crippen LogP contribution in [0.2, 0.25) is 0 Å². The normalized spacial score (nSPS) is 12.6. The van der Waals surface area contributed by atoms with Crippen molar-refractivity contribution in [3.05, 3.63) is 12.7 Å². The predicted octanol–water partition coefficient (Wildman–Crippen LogP) is 0.671. The van der Waals surface area contributed by atoms with Crippen molar-refractivity contribution in [2.45, 2.75) is 11.1 Å². The van der Waals surface area contributed by atoms with Gasteiger partial charge in [-0.3, -0.25) is 4.79 Å².